The summed E-state index contributed by atoms with van der Waals surface area (Å²) in [4.78, 5) is 0.309. The molecule has 1 fully saturated rings. The number of nitrogens with two attached hydrogens (primary N) is 1. The number of nitrogen functional groups attached to an aromatic ring is 1. The minimum Gasteiger partial charge on any atom is -0.398 e. The summed E-state index contributed by atoms with van der Waals surface area (Å²) in [5.41, 5.74) is 8.34. The van der Waals surface area contributed by atoms with Gasteiger partial charge in [0.15, 0.2) is 0 Å². The van der Waals surface area contributed by atoms with Crippen molar-refractivity contribution >= 4 is 15.7 Å². The Morgan fingerprint density at radius 3 is 2.38 bits per heavy atom. The number of benzene rings is 1. The first kappa shape index (κ1) is 16.3. The number of anilines is 1. The summed E-state index contributed by atoms with van der Waals surface area (Å²) in [7, 11) is -1.78. The van der Waals surface area contributed by atoms with E-state index >= 15 is 0 Å². The Kier molecular flexibility index (Phi) is 4.63. The molecule has 2 N–H and O–H groups in total. The molecular formula is C16H26N2O2S. The van der Waals surface area contributed by atoms with E-state index < -0.39 is 10.0 Å². The summed E-state index contributed by atoms with van der Waals surface area (Å²) in [5.74, 6) is 0.405. The van der Waals surface area contributed by atoms with Gasteiger partial charge in [-0.05, 0) is 55.9 Å². The summed E-state index contributed by atoms with van der Waals surface area (Å²) in [6, 6.07) is 3.40. The molecule has 0 aliphatic heterocycles. The second kappa shape index (κ2) is 5.97. The van der Waals surface area contributed by atoms with Crippen molar-refractivity contribution in [3.05, 3.63) is 23.3 Å². The van der Waals surface area contributed by atoms with Gasteiger partial charge in [-0.1, -0.05) is 19.8 Å². The van der Waals surface area contributed by atoms with Crippen molar-refractivity contribution in [2.24, 2.45) is 5.92 Å². The lowest BCUT2D eigenvalue weighted by atomic mass is 9.86. The van der Waals surface area contributed by atoms with E-state index in [2.05, 4.69) is 6.92 Å². The molecule has 0 radical (unpaired) electrons. The van der Waals surface area contributed by atoms with E-state index in [1.165, 1.54) is 6.42 Å². The lowest BCUT2D eigenvalue weighted by Gasteiger charge is -2.35. The van der Waals surface area contributed by atoms with E-state index in [-0.39, 0.29) is 6.04 Å². The highest BCUT2D eigenvalue weighted by Gasteiger charge is 2.33. The van der Waals surface area contributed by atoms with E-state index in [4.69, 9.17) is 5.73 Å². The van der Waals surface area contributed by atoms with E-state index in [1.807, 2.05) is 13.8 Å². The molecule has 1 aromatic rings. The molecule has 1 aliphatic rings. The Hall–Kier alpha value is -1.07. The first-order valence-electron chi connectivity index (χ1n) is 7.60. The first-order valence-corrected chi connectivity index (χ1v) is 9.04. The molecule has 0 amide bonds. The zero-order valence-electron chi connectivity index (χ0n) is 13.4. The average Bonchev–Trinajstić information content (AvgIpc) is 2.44. The number of sulfonamides is 1. The molecule has 2 unspecified atom stereocenters. The van der Waals surface area contributed by atoms with Crippen molar-refractivity contribution in [3.8, 4) is 0 Å². The maximum atomic E-state index is 12.9. The van der Waals surface area contributed by atoms with Crippen LogP contribution in [0.25, 0.3) is 0 Å². The summed E-state index contributed by atoms with van der Waals surface area (Å²) in [6.07, 6.45) is 4.34. The van der Waals surface area contributed by atoms with Gasteiger partial charge in [-0.3, -0.25) is 0 Å². The van der Waals surface area contributed by atoms with Crippen LogP contribution in [0.1, 0.15) is 43.7 Å². The Bertz CT molecular complexity index is 602. The second-order valence-corrected chi connectivity index (χ2v) is 8.30. The summed E-state index contributed by atoms with van der Waals surface area (Å²) in [6.45, 7) is 5.95. The van der Waals surface area contributed by atoms with Crippen LogP contribution in [0.15, 0.2) is 17.0 Å². The fraction of sp³-hybridized carbons (Fsp3) is 0.625. The van der Waals surface area contributed by atoms with Gasteiger partial charge >= 0.3 is 0 Å². The molecule has 0 saturated heterocycles. The summed E-state index contributed by atoms with van der Waals surface area (Å²) in [5, 5.41) is 0. The minimum absolute atomic E-state index is 0.0894. The van der Waals surface area contributed by atoms with E-state index in [0.29, 0.717) is 16.5 Å². The molecule has 1 saturated carbocycles. The van der Waals surface area contributed by atoms with Crippen LogP contribution in [0, 0.1) is 19.8 Å². The van der Waals surface area contributed by atoms with Crippen molar-refractivity contribution in [3.63, 3.8) is 0 Å². The van der Waals surface area contributed by atoms with Gasteiger partial charge in [-0.15, -0.1) is 0 Å². The van der Waals surface area contributed by atoms with Crippen LogP contribution in [0.5, 0.6) is 0 Å². The Morgan fingerprint density at radius 1 is 1.19 bits per heavy atom. The standard InChI is InChI=1S/C16H26N2O2S/c1-11-7-5-6-8-16(11)18(4)21(19,20)14-9-12(2)13(3)15(17)10-14/h9-11,16H,5-8,17H2,1-4H3. The van der Waals surface area contributed by atoms with Crippen molar-refractivity contribution in [2.45, 2.75) is 57.4 Å². The molecule has 2 atom stereocenters. The molecule has 2 rings (SSSR count). The normalized spacial score (nSPS) is 23.5. The maximum Gasteiger partial charge on any atom is 0.243 e. The molecule has 0 bridgehead atoms. The molecule has 0 heterocycles. The quantitative estimate of drug-likeness (QED) is 0.873. The number of rotatable bonds is 3. The van der Waals surface area contributed by atoms with Crippen molar-refractivity contribution in [2.75, 3.05) is 12.8 Å². The highest BCUT2D eigenvalue weighted by Crippen LogP contribution is 2.32. The Balaban J connectivity index is 2.37. The minimum atomic E-state index is -3.48. The third-order valence-electron chi connectivity index (χ3n) is 4.89. The van der Waals surface area contributed by atoms with Crippen molar-refractivity contribution in [1.82, 2.24) is 4.31 Å². The van der Waals surface area contributed by atoms with Crippen LogP contribution in [-0.4, -0.2) is 25.8 Å². The average molecular weight is 310 g/mol. The van der Waals surface area contributed by atoms with Gasteiger partial charge in [0, 0.05) is 18.8 Å². The van der Waals surface area contributed by atoms with Crippen LogP contribution >= 0.6 is 0 Å². The summed E-state index contributed by atoms with van der Waals surface area (Å²) >= 11 is 0. The Morgan fingerprint density at radius 2 is 1.81 bits per heavy atom. The van der Waals surface area contributed by atoms with Crippen LogP contribution in [0.4, 0.5) is 5.69 Å². The highest BCUT2D eigenvalue weighted by molar-refractivity contribution is 7.89. The predicted molar refractivity (Wildman–Crippen MR) is 86.7 cm³/mol. The van der Waals surface area contributed by atoms with Crippen LogP contribution < -0.4 is 5.73 Å². The molecule has 21 heavy (non-hydrogen) atoms. The van der Waals surface area contributed by atoms with Gasteiger partial charge < -0.3 is 5.73 Å². The lowest BCUT2D eigenvalue weighted by molar-refractivity contribution is 0.213. The SMILES string of the molecule is Cc1cc(S(=O)(=O)N(C)C2CCCCC2C)cc(N)c1C. The third-order valence-corrected chi connectivity index (χ3v) is 6.75. The second-order valence-electron chi connectivity index (χ2n) is 6.30. The van der Waals surface area contributed by atoms with Gasteiger partial charge in [0.2, 0.25) is 10.0 Å². The highest BCUT2D eigenvalue weighted by atomic mass is 32.2. The van der Waals surface area contributed by atoms with Gasteiger partial charge in [-0.25, -0.2) is 8.42 Å². The van der Waals surface area contributed by atoms with Crippen LogP contribution in [-0.2, 0) is 10.0 Å². The first-order chi connectivity index (χ1) is 9.75. The van der Waals surface area contributed by atoms with Crippen molar-refractivity contribution in [1.29, 1.82) is 0 Å². The monoisotopic (exact) mass is 310 g/mol. The fourth-order valence-corrected chi connectivity index (χ4v) is 4.79. The van der Waals surface area contributed by atoms with E-state index in [1.54, 1.807) is 23.5 Å². The number of aryl methyl sites for hydroxylation is 1. The zero-order chi connectivity index (χ0) is 15.8. The fourth-order valence-electron chi connectivity index (χ4n) is 3.18. The lowest BCUT2D eigenvalue weighted by Crippen LogP contribution is -2.42. The van der Waals surface area contributed by atoms with Gasteiger partial charge in [-0.2, -0.15) is 4.31 Å². The molecule has 0 spiro atoms. The van der Waals surface area contributed by atoms with E-state index in [9.17, 15) is 8.42 Å². The van der Waals surface area contributed by atoms with Crippen LogP contribution in [0.3, 0.4) is 0 Å². The molecule has 1 aromatic carbocycles. The van der Waals surface area contributed by atoms with Crippen molar-refractivity contribution < 1.29 is 8.42 Å². The van der Waals surface area contributed by atoms with Gasteiger partial charge in [0.05, 0.1) is 4.90 Å². The zero-order valence-corrected chi connectivity index (χ0v) is 14.2. The topological polar surface area (TPSA) is 63.4 Å². The maximum absolute atomic E-state index is 12.9. The predicted octanol–water partition coefficient (Wildman–Crippen LogP) is 3.08. The number of hydrogen-bond acceptors (Lipinski definition) is 3. The number of hydrogen-bond donors (Lipinski definition) is 1. The largest absolute Gasteiger partial charge is 0.398 e. The number of nitrogens with zero attached hydrogens (tertiary/aromatic N) is 1. The molecule has 4 nitrogen and oxygen atoms in total. The smallest absolute Gasteiger partial charge is 0.243 e. The molecule has 5 heteroatoms. The molecule has 1 aliphatic carbocycles. The molecular weight excluding hydrogens is 284 g/mol. The third kappa shape index (κ3) is 3.09. The molecule has 118 valence electrons. The van der Waals surface area contributed by atoms with Crippen LogP contribution in [0.2, 0.25) is 0 Å². The van der Waals surface area contributed by atoms with Gasteiger partial charge in [0.1, 0.15) is 0 Å². The Labute approximate surface area is 128 Å². The van der Waals surface area contributed by atoms with E-state index in [0.717, 1.165) is 30.4 Å². The van der Waals surface area contributed by atoms with Gasteiger partial charge in [0.25, 0.3) is 0 Å². The molecule has 0 aromatic heterocycles. The summed E-state index contributed by atoms with van der Waals surface area (Å²) < 4.78 is 27.3.